The monoisotopic (exact) mass is 379 g/mol. The van der Waals surface area contributed by atoms with E-state index < -0.39 is 0 Å². The molecule has 138 valence electrons. The SMILES string of the molecule is COc1cc(-c2ccccc2)sc1C(=O)N1CCN(c2ccccn2)CC1. The standard InChI is InChI=1S/C21H21N3O2S/c1-26-17-15-18(16-7-3-2-4-8-16)27-20(17)21(25)24-13-11-23(12-14-24)19-9-5-6-10-22-19/h2-10,15H,11-14H2,1H3. The lowest BCUT2D eigenvalue weighted by molar-refractivity contribution is 0.0748. The highest BCUT2D eigenvalue weighted by atomic mass is 32.1. The van der Waals surface area contributed by atoms with Crippen molar-refractivity contribution >= 4 is 23.1 Å². The van der Waals surface area contributed by atoms with E-state index in [1.165, 1.54) is 11.3 Å². The Labute approximate surface area is 162 Å². The van der Waals surface area contributed by atoms with Gasteiger partial charge in [0, 0.05) is 37.3 Å². The number of anilines is 1. The zero-order chi connectivity index (χ0) is 18.6. The number of hydrogen-bond acceptors (Lipinski definition) is 5. The number of benzene rings is 1. The summed E-state index contributed by atoms with van der Waals surface area (Å²) in [7, 11) is 1.62. The van der Waals surface area contributed by atoms with Gasteiger partial charge in [0.2, 0.25) is 0 Å². The van der Waals surface area contributed by atoms with Gasteiger partial charge in [0.25, 0.3) is 5.91 Å². The molecule has 27 heavy (non-hydrogen) atoms. The van der Waals surface area contributed by atoms with Crippen molar-refractivity contribution in [3.63, 3.8) is 0 Å². The average molecular weight is 379 g/mol. The first-order valence-electron chi connectivity index (χ1n) is 8.95. The third-order valence-corrected chi connectivity index (χ3v) is 5.86. The Morgan fingerprint density at radius 2 is 1.78 bits per heavy atom. The summed E-state index contributed by atoms with van der Waals surface area (Å²) in [4.78, 5) is 23.3. The number of aromatic nitrogens is 1. The van der Waals surface area contributed by atoms with Gasteiger partial charge in [0.15, 0.2) is 0 Å². The number of hydrogen-bond donors (Lipinski definition) is 0. The predicted molar refractivity (Wildman–Crippen MR) is 109 cm³/mol. The molecule has 0 N–H and O–H groups in total. The molecular weight excluding hydrogens is 358 g/mol. The first kappa shape index (κ1) is 17.5. The quantitative estimate of drug-likeness (QED) is 0.692. The number of piperazine rings is 1. The molecule has 0 unspecified atom stereocenters. The van der Waals surface area contributed by atoms with Crippen LogP contribution >= 0.6 is 11.3 Å². The van der Waals surface area contributed by atoms with Crippen LogP contribution in [0.2, 0.25) is 0 Å². The van der Waals surface area contributed by atoms with E-state index in [2.05, 4.69) is 9.88 Å². The van der Waals surface area contributed by atoms with Crippen LogP contribution in [-0.4, -0.2) is 49.1 Å². The van der Waals surface area contributed by atoms with Crippen molar-refractivity contribution in [2.75, 3.05) is 38.2 Å². The maximum atomic E-state index is 13.1. The third kappa shape index (κ3) is 3.66. The Balaban J connectivity index is 1.49. The molecule has 3 aromatic rings. The molecule has 3 heterocycles. The first-order chi connectivity index (χ1) is 13.3. The fraction of sp³-hybridized carbons (Fsp3) is 0.238. The number of nitrogens with zero attached hydrogens (tertiary/aromatic N) is 3. The maximum absolute atomic E-state index is 13.1. The van der Waals surface area contributed by atoms with E-state index in [1.807, 2.05) is 59.5 Å². The van der Waals surface area contributed by atoms with Gasteiger partial charge in [0.1, 0.15) is 16.4 Å². The van der Waals surface area contributed by atoms with Gasteiger partial charge >= 0.3 is 0 Å². The van der Waals surface area contributed by atoms with E-state index in [4.69, 9.17) is 4.74 Å². The summed E-state index contributed by atoms with van der Waals surface area (Å²) in [6, 6.07) is 17.9. The summed E-state index contributed by atoms with van der Waals surface area (Å²) in [5.41, 5.74) is 1.10. The summed E-state index contributed by atoms with van der Waals surface area (Å²) in [5, 5.41) is 0. The fourth-order valence-electron chi connectivity index (χ4n) is 3.24. The van der Waals surface area contributed by atoms with Gasteiger partial charge in [-0.1, -0.05) is 36.4 Å². The van der Waals surface area contributed by atoms with E-state index in [0.717, 1.165) is 29.3 Å². The highest BCUT2D eigenvalue weighted by Gasteiger charge is 2.27. The average Bonchev–Trinajstić information content (AvgIpc) is 3.19. The van der Waals surface area contributed by atoms with Gasteiger partial charge in [-0.2, -0.15) is 0 Å². The van der Waals surface area contributed by atoms with E-state index in [0.29, 0.717) is 23.7 Å². The van der Waals surface area contributed by atoms with Crippen molar-refractivity contribution in [2.45, 2.75) is 0 Å². The molecule has 2 aromatic heterocycles. The van der Waals surface area contributed by atoms with Crippen LogP contribution in [0.5, 0.6) is 5.75 Å². The van der Waals surface area contributed by atoms with Crippen LogP contribution in [0, 0.1) is 0 Å². The van der Waals surface area contributed by atoms with Crippen molar-refractivity contribution in [1.29, 1.82) is 0 Å². The molecular formula is C21H21N3O2S. The van der Waals surface area contributed by atoms with Crippen molar-refractivity contribution in [3.05, 3.63) is 65.7 Å². The third-order valence-electron chi connectivity index (χ3n) is 4.71. The number of ether oxygens (including phenoxy) is 1. The second-order valence-corrected chi connectivity index (χ2v) is 7.39. The Morgan fingerprint density at radius 3 is 2.44 bits per heavy atom. The van der Waals surface area contributed by atoms with Gasteiger partial charge in [-0.25, -0.2) is 4.98 Å². The van der Waals surface area contributed by atoms with E-state index in [9.17, 15) is 4.79 Å². The van der Waals surface area contributed by atoms with Crippen LogP contribution in [0.1, 0.15) is 9.67 Å². The minimum absolute atomic E-state index is 0.0414. The lowest BCUT2D eigenvalue weighted by atomic mass is 10.2. The van der Waals surface area contributed by atoms with Crippen LogP contribution in [-0.2, 0) is 0 Å². The highest BCUT2D eigenvalue weighted by molar-refractivity contribution is 7.17. The Hall–Kier alpha value is -2.86. The molecule has 0 radical (unpaired) electrons. The molecule has 1 aromatic carbocycles. The molecule has 0 atom stereocenters. The smallest absolute Gasteiger partial charge is 0.267 e. The molecule has 1 aliphatic heterocycles. The Kier molecular flexibility index (Phi) is 5.07. The van der Waals surface area contributed by atoms with Crippen molar-refractivity contribution in [3.8, 4) is 16.2 Å². The predicted octanol–water partition coefficient (Wildman–Crippen LogP) is 3.78. The van der Waals surface area contributed by atoms with Crippen LogP contribution < -0.4 is 9.64 Å². The first-order valence-corrected chi connectivity index (χ1v) is 9.76. The molecule has 0 aliphatic carbocycles. The van der Waals surface area contributed by atoms with Gasteiger partial charge in [-0.3, -0.25) is 4.79 Å². The summed E-state index contributed by atoms with van der Waals surface area (Å²) >= 11 is 1.49. The molecule has 1 fully saturated rings. The number of carbonyl (C=O) groups is 1. The Bertz CT molecular complexity index is 904. The Morgan fingerprint density at radius 1 is 1.04 bits per heavy atom. The molecule has 1 aliphatic rings. The number of thiophene rings is 1. The number of amides is 1. The van der Waals surface area contributed by atoms with Crippen LogP contribution in [0.4, 0.5) is 5.82 Å². The molecule has 6 heteroatoms. The minimum Gasteiger partial charge on any atom is -0.495 e. The summed E-state index contributed by atoms with van der Waals surface area (Å²) in [5.74, 6) is 1.65. The topological polar surface area (TPSA) is 45.7 Å². The number of methoxy groups -OCH3 is 1. The molecule has 0 bridgehead atoms. The molecule has 1 saturated heterocycles. The number of rotatable bonds is 4. The zero-order valence-electron chi connectivity index (χ0n) is 15.2. The van der Waals surface area contributed by atoms with Crippen LogP contribution in [0.3, 0.4) is 0 Å². The molecule has 1 amide bonds. The zero-order valence-corrected chi connectivity index (χ0v) is 16.0. The lowest BCUT2D eigenvalue weighted by Crippen LogP contribution is -2.48. The van der Waals surface area contributed by atoms with Crippen molar-refractivity contribution in [2.24, 2.45) is 0 Å². The molecule has 4 rings (SSSR count). The molecule has 5 nitrogen and oxygen atoms in total. The summed E-state index contributed by atoms with van der Waals surface area (Å²) < 4.78 is 5.49. The normalized spacial score (nSPS) is 14.3. The maximum Gasteiger partial charge on any atom is 0.267 e. The summed E-state index contributed by atoms with van der Waals surface area (Å²) in [6.07, 6.45) is 1.80. The number of carbonyl (C=O) groups excluding carboxylic acids is 1. The second-order valence-electron chi connectivity index (χ2n) is 6.34. The van der Waals surface area contributed by atoms with E-state index >= 15 is 0 Å². The van der Waals surface area contributed by atoms with Crippen molar-refractivity contribution < 1.29 is 9.53 Å². The second kappa shape index (κ2) is 7.80. The molecule has 0 saturated carbocycles. The highest BCUT2D eigenvalue weighted by Crippen LogP contribution is 2.37. The van der Waals surface area contributed by atoms with Gasteiger partial charge in [-0.05, 0) is 23.8 Å². The van der Waals surface area contributed by atoms with E-state index in [1.54, 1.807) is 13.3 Å². The fourth-order valence-corrected chi connectivity index (χ4v) is 4.34. The van der Waals surface area contributed by atoms with Gasteiger partial charge in [-0.15, -0.1) is 11.3 Å². The van der Waals surface area contributed by atoms with Gasteiger partial charge < -0.3 is 14.5 Å². The largest absolute Gasteiger partial charge is 0.495 e. The lowest BCUT2D eigenvalue weighted by Gasteiger charge is -2.35. The van der Waals surface area contributed by atoms with Crippen LogP contribution in [0.25, 0.3) is 10.4 Å². The molecule has 0 spiro atoms. The van der Waals surface area contributed by atoms with Crippen molar-refractivity contribution in [1.82, 2.24) is 9.88 Å². The van der Waals surface area contributed by atoms with Crippen LogP contribution in [0.15, 0.2) is 60.8 Å². The van der Waals surface area contributed by atoms with Gasteiger partial charge in [0.05, 0.1) is 7.11 Å². The minimum atomic E-state index is 0.0414. The summed E-state index contributed by atoms with van der Waals surface area (Å²) in [6.45, 7) is 2.91. The van der Waals surface area contributed by atoms with E-state index in [-0.39, 0.29) is 5.91 Å². The number of pyridine rings is 1.